The van der Waals surface area contributed by atoms with Crippen molar-refractivity contribution in [2.24, 2.45) is 0 Å². The zero-order valence-electron chi connectivity index (χ0n) is 13.3. The van der Waals surface area contributed by atoms with Crippen LogP contribution >= 0.6 is 0 Å². The third-order valence-corrected chi connectivity index (χ3v) is 5.88. The molecule has 0 bridgehead atoms. The fourth-order valence-corrected chi connectivity index (χ4v) is 4.67. The molecule has 1 aromatic carbocycles. The number of sulfone groups is 1. The monoisotopic (exact) mass is 329 g/mol. The molecule has 23 heavy (non-hydrogen) atoms. The number of benzene rings is 1. The Labute approximate surface area is 135 Å². The third-order valence-electron chi connectivity index (χ3n) is 4.02. The van der Waals surface area contributed by atoms with E-state index in [4.69, 9.17) is 0 Å². The van der Waals surface area contributed by atoms with Crippen molar-refractivity contribution in [1.29, 1.82) is 0 Å². The minimum absolute atomic E-state index is 0.0472. The van der Waals surface area contributed by atoms with E-state index < -0.39 is 9.84 Å². The maximum atomic E-state index is 13.2. The molecule has 0 aliphatic carbocycles. The number of aryl methyl sites for hydroxylation is 1. The fraction of sp³-hybridized carbons (Fsp3) is 0.222. The lowest BCUT2D eigenvalue weighted by molar-refractivity contribution is 0.475. The van der Waals surface area contributed by atoms with Gasteiger partial charge in [0.25, 0.3) is 0 Å². The van der Waals surface area contributed by atoms with E-state index in [0.29, 0.717) is 10.4 Å². The fourth-order valence-electron chi connectivity index (χ4n) is 2.82. The lowest BCUT2D eigenvalue weighted by Crippen LogP contribution is -2.05. The molecule has 2 aromatic heterocycles. The van der Waals surface area contributed by atoms with Gasteiger partial charge in [-0.15, -0.1) is 0 Å². The van der Waals surface area contributed by atoms with Crippen molar-refractivity contribution in [3.63, 3.8) is 0 Å². The van der Waals surface area contributed by atoms with Crippen LogP contribution in [-0.2, 0) is 9.84 Å². The number of aromatic hydroxyl groups is 1. The van der Waals surface area contributed by atoms with Crippen molar-refractivity contribution in [2.75, 3.05) is 0 Å². The van der Waals surface area contributed by atoms with E-state index in [1.165, 1.54) is 24.3 Å². The molecule has 1 N–H and O–H groups in total. The van der Waals surface area contributed by atoms with E-state index in [0.717, 1.165) is 11.1 Å². The highest BCUT2D eigenvalue weighted by molar-refractivity contribution is 7.91. The molecular weight excluding hydrogens is 310 g/mol. The van der Waals surface area contributed by atoms with Gasteiger partial charge in [0.1, 0.15) is 10.6 Å². The van der Waals surface area contributed by atoms with Gasteiger partial charge in [0.05, 0.1) is 10.4 Å². The first-order chi connectivity index (χ1) is 10.8. The van der Waals surface area contributed by atoms with Gasteiger partial charge >= 0.3 is 0 Å². The molecule has 0 fully saturated rings. The average Bonchev–Trinajstić information content (AvgIpc) is 2.89. The standard InChI is InChI=1S/C18H19NO3S/c1-12(2)16-11-19-10-4-5-13(3)17(19)18(16)23(21,22)15-8-6-14(20)7-9-15/h4-12,20H,1-3H3. The molecule has 0 spiro atoms. The van der Waals surface area contributed by atoms with Crippen molar-refractivity contribution in [3.05, 3.63) is 59.9 Å². The molecule has 120 valence electrons. The van der Waals surface area contributed by atoms with Crippen LogP contribution in [-0.4, -0.2) is 17.9 Å². The minimum atomic E-state index is -3.67. The molecular formula is C18H19NO3S. The number of phenolic OH excluding ortho intramolecular Hbond substituents is 1. The molecule has 0 saturated carbocycles. The van der Waals surface area contributed by atoms with Crippen LogP contribution in [0.3, 0.4) is 0 Å². The van der Waals surface area contributed by atoms with Crippen LogP contribution in [0.2, 0.25) is 0 Å². The molecule has 0 aliphatic rings. The number of fused-ring (bicyclic) bond motifs is 1. The van der Waals surface area contributed by atoms with E-state index in [1.807, 2.05) is 49.7 Å². The Morgan fingerprint density at radius 1 is 1.09 bits per heavy atom. The van der Waals surface area contributed by atoms with Crippen LogP contribution in [0.25, 0.3) is 5.52 Å². The quantitative estimate of drug-likeness (QED) is 0.792. The number of phenols is 1. The Balaban J connectivity index is 2.38. The summed E-state index contributed by atoms with van der Waals surface area (Å²) in [6, 6.07) is 9.49. The average molecular weight is 329 g/mol. The Morgan fingerprint density at radius 3 is 2.35 bits per heavy atom. The van der Waals surface area contributed by atoms with Gasteiger partial charge in [-0.3, -0.25) is 0 Å². The molecule has 2 heterocycles. The summed E-state index contributed by atoms with van der Waals surface area (Å²) in [6.45, 7) is 5.88. The summed E-state index contributed by atoms with van der Waals surface area (Å²) in [5, 5.41) is 9.41. The predicted octanol–water partition coefficient (Wildman–Crippen LogP) is 3.91. The Kier molecular flexibility index (Phi) is 3.68. The molecule has 0 amide bonds. The van der Waals surface area contributed by atoms with Gasteiger partial charge in [-0.25, -0.2) is 8.42 Å². The Morgan fingerprint density at radius 2 is 1.74 bits per heavy atom. The second kappa shape index (κ2) is 5.42. The molecule has 5 heteroatoms. The van der Waals surface area contributed by atoms with Gasteiger partial charge in [-0.1, -0.05) is 19.9 Å². The lowest BCUT2D eigenvalue weighted by atomic mass is 10.1. The van der Waals surface area contributed by atoms with Crippen molar-refractivity contribution < 1.29 is 13.5 Å². The van der Waals surface area contributed by atoms with Crippen LogP contribution in [0.1, 0.15) is 30.9 Å². The van der Waals surface area contributed by atoms with E-state index in [2.05, 4.69) is 0 Å². The van der Waals surface area contributed by atoms with Gasteiger partial charge in [-0.05, 0) is 54.3 Å². The molecule has 0 radical (unpaired) electrons. The minimum Gasteiger partial charge on any atom is -0.508 e. The molecule has 0 unspecified atom stereocenters. The van der Waals surface area contributed by atoms with Gasteiger partial charge in [-0.2, -0.15) is 0 Å². The Bertz CT molecular complexity index is 967. The van der Waals surface area contributed by atoms with Gasteiger partial charge in [0.2, 0.25) is 9.84 Å². The smallest absolute Gasteiger partial charge is 0.209 e. The first kappa shape index (κ1) is 15.6. The topological polar surface area (TPSA) is 58.8 Å². The highest BCUT2D eigenvalue weighted by Crippen LogP contribution is 2.35. The summed E-state index contributed by atoms with van der Waals surface area (Å²) in [4.78, 5) is 0.546. The summed E-state index contributed by atoms with van der Waals surface area (Å²) in [7, 11) is -3.67. The SMILES string of the molecule is Cc1cccn2cc(C(C)C)c(S(=O)(=O)c3ccc(O)cc3)c12. The van der Waals surface area contributed by atoms with Crippen LogP contribution in [0.15, 0.2) is 58.6 Å². The summed E-state index contributed by atoms with van der Waals surface area (Å²) in [5.41, 5.74) is 2.42. The second-order valence-electron chi connectivity index (χ2n) is 6.01. The highest BCUT2D eigenvalue weighted by atomic mass is 32.2. The summed E-state index contributed by atoms with van der Waals surface area (Å²) < 4.78 is 28.3. The predicted molar refractivity (Wildman–Crippen MR) is 89.8 cm³/mol. The van der Waals surface area contributed by atoms with Crippen LogP contribution in [0.5, 0.6) is 5.75 Å². The molecule has 0 saturated heterocycles. The number of hydrogen-bond donors (Lipinski definition) is 1. The number of aromatic nitrogens is 1. The van der Waals surface area contributed by atoms with E-state index in [9.17, 15) is 13.5 Å². The van der Waals surface area contributed by atoms with Crippen LogP contribution < -0.4 is 0 Å². The first-order valence-corrected chi connectivity index (χ1v) is 8.95. The number of hydrogen-bond acceptors (Lipinski definition) is 3. The normalized spacial score (nSPS) is 12.2. The molecule has 3 rings (SSSR count). The molecule has 4 nitrogen and oxygen atoms in total. The van der Waals surface area contributed by atoms with E-state index >= 15 is 0 Å². The van der Waals surface area contributed by atoms with Crippen molar-refractivity contribution in [2.45, 2.75) is 36.5 Å². The molecule has 0 aliphatic heterocycles. The second-order valence-corrected chi connectivity index (χ2v) is 7.90. The molecule has 3 aromatic rings. The summed E-state index contributed by atoms with van der Waals surface area (Å²) in [6.07, 6.45) is 3.75. The zero-order chi connectivity index (χ0) is 16.8. The highest BCUT2D eigenvalue weighted by Gasteiger charge is 2.27. The van der Waals surface area contributed by atoms with Crippen LogP contribution in [0, 0.1) is 6.92 Å². The number of pyridine rings is 1. The van der Waals surface area contributed by atoms with Crippen LogP contribution in [0.4, 0.5) is 0 Å². The van der Waals surface area contributed by atoms with E-state index in [-0.39, 0.29) is 16.6 Å². The van der Waals surface area contributed by atoms with Gasteiger partial charge < -0.3 is 9.51 Å². The third kappa shape index (κ3) is 2.51. The summed E-state index contributed by atoms with van der Waals surface area (Å²) in [5.74, 6) is 0.127. The molecule has 0 atom stereocenters. The maximum Gasteiger partial charge on any atom is 0.209 e. The van der Waals surface area contributed by atoms with Gasteiger partial charge in [0, 0.05) is 12.4 Å². The summed E-state index contributed by atoms with van der Waals surface area (Å²) >= 11 is 0. The largest absolute Gasteiger partial charge is 0.508 e. The van der Waals surface area contributed by atoms with E-state index in [1.54, 1.807) is 0 Å². The van der Waals surface area contributed by atoms with Crippen molar-refractivity contribution in [3.8, 4) is 5.75 Å². The Hall–Kier alpha value is -2.27. The number of rotatable bonds is 3. The first-order valence-electron chi connectivity index (χ1n) is 7.46. The maximum absolute atomic E-state index is 13.2. The van der Waals surface area contributed by atoms with Crippen molar-refractivity contribution >= 4 is 15.4 Å². The van der Waals surface area contributed by atoms with Crippen molar-refractivity contribution in [1.82, 2.24) is 4.40 Å². The van der Waals surface area contributed by atoms with Gasteiger partial charge in [0.15, 0.2) is 0 Å². The lowest BCUT2D eigenvalue weighted by Gasteiger charge is -2.10. The zero-order valence-corrected chi connectivity index (χ0v) is 14.1. The number of nitrogens with zero attached hydrogens (tertiary/aromatic N) is 1.